The Labute approximate surface area is 171 Å². The van der Waals surface area contributed by atoms with E-state index in [2.05, 4.69) is 11.8 Å². The standard InChI is InChI=1S/C22H30N4O3/c1-2-25-18-14-16(21(28)24-12-9-15(10-13-24)20(23)27)7-8-17(18)22(29)26-11-5-3-4-6-19(25)26/h7-8,14-15,19H,2-6,9-13H2,1H3,(H2,23,27)/t19-/m1/s1. The topological polar surface area (TPSA) is 87.0 Å². The maximum atomic E-state index is 13.1. The number of amides is 3. The molecule has 2 fully saturated rings. The number of primary amides is 1. The summed E-state index contributed by atoms with van der Waals surface area (Å²) in [5.41, 5.74) is 7.57. The first-order valence-corrected chi connectivity index (χ1v) is 10.8. The second-order valence-electron chi connectivity index (χ2n) is 8.32. The second kappa shape index (κ2) is 8.05. The Morgan fingerprint density at radius 3 is 2.52 bits per heavy atom. The highest BCUT2D eigenvalue weighted by Crippen LogP contribution is 2.35. The summed E-state index contributed by atoms with van der Waals surface area (Å²) in [5, 5.41) is 0. The highest BCUT2D eigenvalue weighted by Gasteiger charge is 2.38. The molecule has 3 aliphatic heterocycles. The van der Waals surface area contributed by atoms with E-state index in [1.165, 1.54) is 0 Å². The molecule has 3 aliphatic rings. The molecule has 1 atom stereocenters. The molecule has 0 radical (unpaired) electrons. The number of carbonyl (C=O) groups is 3. The van der Waals surface area contributed by atoms with Gasteiger partial charge in [-0.3, -0.25) is 14.4 Å². The van der Waals surface area contributed by atoms with E-state index in [9.17, 15) is 14.4 Å². The summed E-state index contributed by atoms with van der Waals surface area (Å²) in [6.07, 6.45) is 5.60. The van der Waals surface area contributed by atoms with Crippen molar-refractivity contribution in [1.29, 1.82) is 0 Å². The fourth-order valence-corrected chi connectivity index (χ4v) is 4.98. The van der Waals surface area contributed by atoms with Gasteiger partial charge < -0.3 is 20.4 Å². The molecule has 7 nitrogen and oxygen atoms in total. The first-order chi connectivity index (χ1) is 14.0. The maximum Gasteiger partial charge on any atom is 0.257 e. The number of piperidine rings is 1. The van der Waals surface area contributed by atoms with Crippen molar-refractivity contribution in [3.05, 3.63) is 29.3 Å². The quantitative estimate of drug-likeness (QED) is 0.846. The molecular weight excluding hydrogens is 368 g/mol. The minimum atomic E-state index is -0.282. The Morgan fingerprint density at radius 1 is 1.07 bits per heavy atom. The molecular formula is C22H30N4O3. The summed E-state index contributed by atoms with van der Waals surface area (Å²) in [7, 11) is 0. The predicted molar refractivity (Wildman–Crippen MR) is 111 cm³/mol. The number of fused-ring (bicyclic) bond motifs is 2. The lowest BCUT2D eigenvalue weighted by Gasteiger charge is -2.45. The van der Waals surface area contributed by atoms with E-state index in [0.29, 0.717) is 37.1 Å². The van der Waals surface area contributed by atoms with Gasteiger partial charge in [-0.1, -0.05) is 6.42 Å². The van der Waals surface area contributed by atoms with Crippen molar-refractivity contribution in [1.82, 2.24) is 9.80 Å². The van der Waals surface area contributed by atoms with Crippen LogP contribution in [-0.2, 0) is 4.79 Å². The summed E-state index contributed by atoms with van der Waals surface area (Å²) in [6, 6.07) is 5.47. The van der Waals surface area contributed by atoms with Crippen LogP contribution in [-0.4, -0.2) is 59.9 Å². The fraction of sp³-hybridized carbons (Fsp3) is 0.591. The van der Waals surface area contributed by atoms with E-state index in [4.69, 9.17) is 5.73 Å². The average Bonchev–Trinajstić information content (AvgIpc) is 3.00. The largest absolute Gasteiger partial charge is 0.369 e. The van der Waals surface area contributed by atoms with Gasteiger partial charge >= 0.3 is 0 Å². The van der Waals surface area contributed by atoms with Gasteiger partial charge in [0.1, 0.15) is 6.17 Å². The van der Waals surface area contributed by atoms with Gasteiger partial charge in [-0.15, -0.1) is 0 Å². The Hall–Kier alpha value is -2.57. The zero-order valence-electron chi connectivity index (χ0n) is 17.1. The highest BCUT2D eigenvalue weighted by molar-refractivity contribution is 6.04. The number of hydrogen-bond donors (Lipinski definition) is 1. The number of carbonyl (C=O) groups excluding carboxylic acids is 3. The lowest BCUT2D eigenvalue weighted by molar-refractivity contribution is -0.123. The van der Waals surface area contributed by atoms with Crippen LogP contribution in [0.25, 0.3) is 0 Å². The molecule has 3 heterocycles. The molecule has 1 aromatic rings. The second-order valence-corrected chi connectivity index (χ2v) is 8.32. The third-order valence-electron chi connectivity index (χ3n) is 6.65. The molecule has 2 saturated heterocycles. The van der Waals surface area contributed by atoms with Gasteiger partial charge in [0.05, 0.1) is 11.3 Å². The summed E-state index contributed by atoms with van der Waals surface area (Å²) in [6.45, 7) is 4.77. The number of hydrogen-bond acceptors (Lipinski definition) is 4. The van der Waals surface area contributed by atoms with E-state index >= 15 is 0 Å². The van der Waals surface area contributed by atoms with Crippen LogP contribution < -0.4 is 10.6 Å². The summed E-state index contributed by atoms with van der Waals surface area (Å²) >= 11 is 0. The predicted octanol–water partition coefficient (Wildman–Crippen LogP) is 2.21. The molecule has 29 heavy (non-hydrogen) atoms. The molecule has 156 valence electrons. The normalized spacial score (nSPS) is 22.7. The van der Waals surface area contributed by atoms with Crippen LogP contribution in [0.5, 0.6) is 0 Å². The average molecular weight is 399 g/mol. The minimum Gasteiger partial charge on any atom is -0.369 e. The zero-order valence-corrected chi connectivity index (χ0v) is 17.1. The molecule has 0 aliphatic carbocycles. The van der Waals surface area contributed by atoms with E-state index in [1.54, 1.807) is 11.0 Å². The molecule has 7 heteroatoms. The molecule has 0 aromatic heterocycles. The van der Waals surface area contributed by atoms with Crippen LogP contribution in [0.3, 0.4) is 0 Å². The lowest BCUT2D eigenvalue weighted by atomic mass is 9.95. The first kappa shape index (κ1) is 19.7. The maximum absolute atomic E-state index is 13.1. The van der Waals surface area contributed by atoms with Crippen LogP contribution in [0.4, 0.5) is 5.69 Å². The molecule has 4 rings (SSSR count). The first-order valence-electron chi connectivity index (χ1n) is 10.8. The smallest absolute Gasteiger partial charge is 0.257 e. The van der Waals surface area contributed by atoms with E-state index < -0.39 is 0 Å². The van der Waals surface area contributed by atoms with Gasteiger partial charge in [0.25, 0.3) is 11.8 Å². The number of rotatable bonds is 3. The fourth-order valence-electron chi connectivity index (χ4n) is 4.98. The van der Waals surface area contributed by atoms with Gasteiger partial charge in [0.15, 0.2) is 0 Å². The Balaban J connectivity index is 1.59. The molecule has 2 N–H and O–H groups in total. The highest BCUT2D eigenvalue weighted by atomic mass is 16.2. The molecule has 0 saturated carbocycles. The van der Waals surface area contributed by atoms with Crippen molar-refractivity contribution in [2.24, 2.45) is 11.7 Å². The molecule has 3 amide bonds. The Bertz CT molecular complexity index is 816. The van der Waals surface area contributed by atoms with Crippen molar-refractivity contribution in [3.63, 3.8) is 0 Å². The summed E-state index contributed by atoms with van der Waals surface area (Å²) < 4.78 is 0. The monoisotopic (exact) mass is 398 g/mol. The van der Waals surface area contributed by atoms with Crippen LogP contribution in [0.2, 0.25) is 0 Å². The number of anilines is 1. The van der Waals surface area contributed by atoms with Crippen LogP contribution in [0.15, 0.2) is 18.2 Å². The molecule has 0 bridgehead atoms. The molecule has 0 spiro atoms. The SMILES string of the molecule is CCN1c2cc(C(=O)N3CCC(C(N)=O)CC3)ccc2C(=O)N2CCCCC[C@@H]21. The van der Waals surface area contributed by atoms with Crippen LogP contribution >= 0.6 is 0 Å². The zero-order chi connectivity index (χ0) is 20.5. The van der Waals surface area contributed by atoms with Crippen molar-refractivity contribution in [3.8, 4) is 0 Å². The van der Waals surface area contributed by atoms with Crippen molar-refractivity contribution < 1.29 is 14.4 Å². The third-order valence-corrected chi connectivity index (χ3v) is 6.65. The Morgan fingerprint density at radius 2 is 1.83 bits per heavy atom. The van der Waals surface area contributed by atoms with Crippen molar-refractivity contribution >= 4 is 23.4 Å². The van der Waals surface area contributed by atoms with Crippen LogP contribution in [0, 0.1) is 5.92 Å². The van der Waals surface area contributed by atoms with Crippen LogP contribution in [0.1, 0.15) is 66.2 Å². The van der Waals surface area contributed by atoms with E-state index in [1.807, 2.05) is 17.0 Å². The van der Waals surface area contributed by atoms with Gasteiger partial charge in [0.2, 0.25) is 5.91 Å². The summed E-state index contributed by atoms with van der Waals surface area (Å²) in [5.74, 6) is -0.381. The van der Waals surface area contributed by atoms with E-state index in [-0.39, 0.29) is 29.8 Å². The van der Waals surface area contributed by atoms with Crippen molar-refractivity contribution in [2.75, 3.05) is 31.1 Å². The van der Waals surface area contributed by atoms with Gasteiger partial charge in [0, 0.05) is 37.7 Å². The Kier molecular flexibility index (Phi) is 5.48. The third kappa shape index (κ3) is 3.58. The molecule has 1 aromatic carbocycles. The number of likely N-dealkylation sites (tertiary alicyclic amines) is 1. The van der Waals surface area contributed by atoms with E-state index in [0.717, 1.165) is 44.5 Å². The lowest BCUT2D eigenvalue weighted by Crippen LogP contribution is -2.55. The number of nitrogens with zero attached hydrogens (tertiary/aromatic N) is 3. The van der Waals surface area contributed by atoms with Gasteiger partial charge in [-0.25, -0.2) is 0 Å². The van der Waals surface area contributed by atoms with Gasteiger partial charge in [-0.2, -0.15) is 0 Å². The number of benzene rings is 1. The van der Waals surface area contributed by atoms with Gasteiger partial charge in [-0.05, 0) is 57.2 Å². The number of nitrogens with two attached hydrogens (primary N) is 1. The minimum absolute atomic E-state index is 0.0393. The van der Waals surface area contributed by atoms with Crippen molar-refractivity contribution in [2.45, 2.75) is 51.6 Å². The molecule has 0 unspecified atom stereocenters. The summed E-state index contributed by atoms with van der Waals surface area (Å²) in [4.78, 5) is 43.6.